The molecule has 1 fully saturated rings. The van der Waals surface area contributed by atoms with Crippen molar-refractivity contribution >= 4 is 0 Å². The van der Waals surface area contributed by atoms with E-state index in [1.807, 2.05) is 6.08 Å². The van der Waals surface area contributed by atoms with Gasteiger partial charge in [-0.1, -0.05) is 6.08 Å². The van der Waals surface area contributed by atoms with E-state index in [4.69, 9.17) is 4.74 Å². The predicted octanol–water partition coefficient (Wildman–Crippen LogP) is 2.11. The van der Waals surface area contributed by atoms with E-state index >= 15 is 0 Å². The summed E-state index contributed by atoms with van der Waals surface area (Å²) in [6.45, 7) is 7.90. The molecule has 1 aliphatic rings. The van der Waals surface area contributed by atoms with Gasteiger partial charge in [-0.2, -0.15) is 0 Å². The minimum Gasteiger partial charge on any atom is -0.377 e. The first-order chi connectivity index (χ1) is 6.33. The van der Waals surface area contributed by atoms with Gasteiger partial charge < -0.3 is 10.1 Å². The van der Waals surface area contributed by atoms with Crippen molar-refractivity contribution in [2.75, 3.05) is 13.2 Å². The van der Waals surface area contributed by atoms with Crippen LogP contribution in [-0.2, 0) is 4.74 Å². The monoisotopic (exact) mass is 183 g/mol. The van der Waals surface area contributed by atoms with Gasteiger partial charge >= 0.3 is 0 Å². The molecule has 1 rings (SSSR count). The summed E-state index contributed by atoms with van der Waals surface area (Å²) in [6.07, 6.45) is 7.17. The Morgan fingerprint density at radius 1 is 1.69 bits per heavy atom. The largest absolute Gasteiger partial charge is 0.377 e. The van der Waals surface area contributed by atoms with Crippen LogP contribution in [-0.4, -0.2) is 25.3 Å². The van der Waals surface area contributed by atoms with Crippen LogP contribution in [0.4, 0.5) is 0 Å². The maximum absolute atomic E-state index is 5.53. The van der Waals surface area contributed by atoms with Crippen molar-refractivity contribution < 1.29 is 4.74 Å². The maximum Gasteiger partial charge on any atom is 0.0700 e. The molecular weight excluding hydrogens is 162 g/mol. The van der Waals surface area contributed by atoms with Gasteiger partial charge in [0, 0.05) is 19.2 Å². The highest BCUT2D eigenvalue weighted by Crippen LogP contribution is 2.11. The van der Waals surface area contributed by atoms with E-state index < -0.39 is 0 Å². The average molecular weight is 183 g/mol. The molecule has 0 spiro atoms. The van der Waals surface area contributed by atoms with Gasteiger partial charge in [-0.15, -0.1) is 6.58 Å². The Hall–Kier alpha value is -0.340. The van der Waals surface area contributed by atoms with Gasteiger partial charge in [0.25, 0.3) is 0 Å². The highest BCUT2D eigenvalue weighted by Gasteiger charge is 2.15. The molecule has 1 N–H and O–H groups in total. The highest BCUT2D eigenvalue weighted by atomic mass is 16.5. The van der Waals surface area contributed by atoms with Crippen molar-refractivity contribution in [3.05, 3.63) is 12.7 Å². The van der Waals surface area contributed by atoms with E-state index in [-0.39, 0.29) is 0 Å². The van der Waals surface area contributed by atoms with Crippen LogP contribution in [0.3, 0.4) is 0 Å². The van der Waals surface area contributed by atoms with Crippen molar-refractivity contribution in [2.45, 2.75) is 44.8 Å². The SMILES string of the molecule is C=CCCC(C)NCC1CCCO1. The van der Waals surface area contributed by atoms with Gasteiger partial charge in [-0.05, 0) is 32.6 Å². The number of rotatable bonds is 6. The van der Waals surface area contributed by atoms with Crippen molar-refractivity contribution in [1.29, 1.82) is 0 Å². The summed E-state index contributed by atoms with van der Waals surface area (Å²) < 4.78 is 5.53. The van der Waals surface area contributed by atoms with Crippen molar-refractivity contribution in [2.24, 2.45) is 0 Å². The van der Waals surface area contributed by atoms with Crippen molar-refractivity contribution in [1.82, 2.24) is 5.32 Å². The molecule has 0 amide bonds. The van der Waals surface area contributed by atoms with Crippen molar-refractivity contribution in [3.8, 4) is 0 Å². The predicted molar refractivity (Wildman–Crippen MR) is 55.9 cm³/mol. The molecule has 2 unspecified atom stereocenters. The third kappa shape index (κ3) is 4.44. The molecule has 2 atom stereocenters. The third-order valence-corrected chi connectivity index (χ3v) is 2.52. The highest BCUT2D eigenvalue weighted by molar-refractivity contribution is 4.73. The molecular formula is C11H21NO. The molecule has 0 aliphatic carbocycles. The zero-order valence-electron chi connectivity index (χ0n) is 8.59. The summed E-state index contributed by atoms with van der Waals surface area (Å²) in [6, 6.07) is 0.585. The number of allylic oxidation sites excluding steroid dienone is 1. The second-order valence-electron chi connectivity index (χ2n) is 3.81. The smallest absolute Gasteiger partial charge is 0.0700 e. The maximum atomic E-state index is 5.53. The summed E-state index contributed by atoms with van der Waals surface area (Å²) in [5.74, 6) is 0. The number of ether oxygens (including phenoxy) is 1. The second kappa shape index (κ2) is 6.17. The summed E-state index contributed by atoms with van der Waals surface area (Å²) >= 11 is 0. The summed E-state index contributed by atoms with van der Waals surface area (Å²) in [4.78, 5) is 0. The van der Waals surface area contributed by atoms with Crippen LogP contribution in [0.25, 0.3) is 0 Å². The van der Waals surface area contributed by atoms with Gasteiger partial charge in [-0.25, -0.2) is 0 Å². The molecule has 0 aromatic rings. The Morgan fingerprint density at radius 3 is 3.15 bits per heavy atom. The number of nitrogens with one attached hydrogen (secondary N) is 1. The van der Waals surface area contributed by atoms with Gasteiger partial charge in [-0.3, -0.25) is 0 Å². The summed E-state index contributed by atoms with van der Waals surface area (Å²) in [5, 5.41) is 3.49. The van der Waals surface area contributed by atoms with Crippen LogP contribution in [0.2, 0.25) is 0 Å². The molecule has 1 heterocycles. The molecule has 76 valence electrons. The lowest BCUT2D eigenvalue weighted by Gasteiger charge is -2.16. The third-order valence-electron chi connectivity index (χ3n) is 2.52. The summed E-state index contributed by atoms with van der Waals surface area (Å²) in [5.41, 5.74) is 0. The fraction of sp³-hybridized carbons (Fsp3) is 0.818. The van der Waals surface area contributed by atoms with Crippen LogP contribution in [0.1, 0.15) is 32.6 Å². The van der Waals surface area contributed by atoms with Crippen molar-refractivity contribution in [3.63, 3.8) is 0 Å². The van der Waals surface area contributed by atoms with Crippen LogP contribution < -0.4 is 5.32 Å². The van der Waals surface area contributed by atoms with Crippen LogP contribution >= 0.6 is 0 Å². The Labute approximate surface area is 81.4 Å². The van der Waals surface area contributed by atoms with Crippen LogP contribution in [0, 0.1) is 0 Å². The Morgan fingerprint density at radius 2 is 2.54 bits per heavy atom. The van der Waals surface area contributed by atoms with Gasteiger partial charge in [0.2, 0.25) is 0 Å². The molecule has 0 bridgehead atoms. The van der Waals surface area contributed by atoms with E-state index in [1.165, 1.54) is 19.3 Å². The topological polar surface area (TPSA) is 21.3 Å². The van der Waals surface area contributed by atoms with Gasteiger partial charge in [0.05, 0.1) is 6.10 Å². The lowest BCUT2D eigenvalue weighted by Crippen LogP contribution is -2.33. The molecule has 2 nitrogen and oxygen atoms in total. The van der Waals surface area contributed by atoms with Gasteiger partial charge in [0.15, 0.2) is 0 Å². The van der Waals surface area contributed by atoms with E-state index in [9.17, 15) is 0 Å². The second-order valence-corrected chi connectivity index (χ2v) is 3.81. The molecule has 1 saturated heterocycles. The van der Waals surface area contributed by atoms with E-state index in [0.29, 0.717) is 12.1 Å². The lowest BCUT2D eigenvalue weighted by atomic mass is 10.1. The molecule has 1 aliphatic heterocycles. The fourth-order valence-corrected chi connectivity index (χ4v) is 1.61. The van der Waals surface area contributed by atoms with E-state index in [2.05, 4.69) is 18.8 Å². The molecule has 0 saturated carbocycles. The molecule has 0 aromatic carbocycles. The number of hydrogen-bond donors (Lipinski definition) is 1. The quantitative estimate of drug-likeness (QED) is 0.637. The molecule has 0 aromatic heterocycles. The molecule has 2 heteroatoms. The zero-order valence-corrected chi connectivity index (χ0v) is 8.59. The minimum atomic E-state index is 0.464. The van der Waals surface area contributed by atoms with Crippen LogP contribution in [0.15, 0.2) is 12.7 Å². The Bertz CT molecular complexity index is 141. The number of hydrogen-bond acceptors (Lipinski definition) is 2. The minimum absolute atomic E-state index is 0.464. The normalized spacial score (nSPS) is 24.5. The Kier molecular flexibility index (Phi) is 5.09. The molecule has 13 heavy (non-hydrogen) atoms. The molecule has 0 radical (unpaired) electrons. The van der Waals surface area contributed by atoms with E-state index in [1.54, 1.807) is 0 Å². The Balaban J connectivity index is 1.99. The first-order valence-electron chi connectivity index (χ1n) is 5.29. The first-order valence-corrected chi connectivity index (χ1v) is 5.29. The van der Waals surface area contributed by atoms with Gasteiger partial charge in [0.1, 0.15) is 0 Å². The standard InChI is InChI=1S/C11H21NO/c1-3-4-6-10(2)12-9-11-7-5-8-13-11/h3,10-12H,1,4-9H2,2H3. The first kappa shape index (κ1) is 10.7. The van der Waals surface area contributed by atoms with E-state index in [0.717, 1.165) is 19.6 Å². The fourth-order valence-electron chi connectivity index (χ4n) is 1.61. The lowest BCUT2D eigenvalue weighted by molar-refractivity contribution is 0.107. The summed E-state index contributed by atoms with van der Waals surface area (Å²) in [7, 11) is 0. The van der Waals surface area contributed by atoms with Crippen LogP contribution in [0.5, 0.6) is 0 Å². The average Bonchev–Trinajstić information content (AvgIpc) is 2.64. The zero-order chi connectivity index (χ0) is 9.52.